The van der Waals surface area contributed by atoms with Crippen molar-refractivity contribution < 1.29 is 4.79 Å². The molecule has 0 bridgehead atoms. The molecule has 1 amide bonds. The SMILES string of the molecule is NC1Cc2ccccc2N(C(=O)c2nn[nH]n2)C1. The van der Waals surface area contributed by atoms with Crippen LogP contribution >= 0.6 is 0 Å². The van der Waals surface area contributed by atoms with Crippen LogP contribution in [0.1, 0.15) is 16.2 Å². The van der Waals surface area contributed by atoms with E-state index in [0.29, 0.717) is 6.54 Å². The Labute approximate surface area is 103 Å². The summed E-state index contributed by atoms with van der Waals surface area (Å²) in [5.74, 6) is -0.231. The average Bonchev–Trinajstić information content (AvgIpc) is 2.90. The number of nitrogens with one attached hydrogen (secondary N) is 1. The van der Waals surface area contributed by atoms with Crippen molar-refractivity contribution in [2.24, 2.45) is 5.73 Å². The van der Waals surface area contributed by atoms with Crippen molar-refractivity contribution >= 4 is 11.6 Å². The van der Waals surface area contributed by atoms with Crippen molar-refractivity contribution in [1.82, 2.24) is 20.6 Å². The second-order valence-electron chi connectivity index (χ2n) is 4.24. The maximum absolute atomic E-state index is 12.3. The highest BCUT2D eigenvalue weighted by Gasteiger charge is 2.29. The van der Waals surface area contributed by atoms with Gasteiger partial charge in [0.05, 0.1) is 0 Å². The number of tetrazole rings is 1. The molecule has 0 spiro atoms. The summed E-state index contributed by atoms with van der Waals surface area (Å²) in [6.07, 6.45) is 0.770. The second kappa shape index (κ2) is 4.19. The number of rotatable bonds is 1. The lowest BCUT2D eigenvalue weighted by Gasteiger charge is -2.32. The smallest absolute Gasteiger partial charge is 0.299 e. The van der Waals surface area contributed by atoms with E-state index in [1.165, 1.54) is 0 Å². The van der Waals surface area contributed by atoms with Crippen LogP contribution < -0.4 is 10.6 Å². The van der Waals surface area contributed by atoms with E-state index in [9.17, 15) is 4.79 Å². The standard InChI is InChI=1S/C11H12N6O/c12-8-5-7-3-1-2-4-9(7)17(6-8)11(18)10-13-15-16-14-10/h1-4,8H,5-6,12H2,(H,13,14,15,16). The Balaban J connectivity index is 2.00. The fourth-order valence-corrected chi connectivity index (χ4v) is 2.19. The molecule has 0 radical (unpaired) electrons. The minimum atomic E-state index is -0.286. The summed E-state index contributed by atoms with van der Waals surface area (Å²) in [6.45, 7) is 0.463. The van der Waals surface area contributed by atoms with Gasteiger partial charge in [-0.2, -0.15) is 5.21 Å². The average molecular weight is 244 g/mol. The van der Waals surface area contributed by atoms with E-state index < -0.39 is 0 Å². The molecule has 0 saturated heterocycles. The van der Waals surface area contributed by atoms with Crippen molar-refractivity contribution in [1.29, 1.82) is 0 Å². The molecule has 1 aliphatic heterocycles. The zero-order valence-corrected chi connectivity index (χ0v) is 9.58. The Hall–Kier alpha value is -2.28. The number of aromatic nitrogens is 4. The van der Waals surface area contributed by atoms with Crippen molar-refractivity contribution in [2.45, 2.75) is 12.5 Å². The fourth-order valence-electron chi connectivity index (χ4n) is 2.19. The molecule has 2 aromatic rings. The molecule has 0 fully saturated rings. The van der Waals surface area contributed by atoms with Gasteiger partial charge in [0, 0.05) is 18.3 Å². The van der Waals surface area contributed by atoms with Crippen molar-refractivity contribution in [3.05, 3.63) is 35.7 Å². The third-order valence-electron chi connectivity index (χ3n) is 2.96. The molecule has 1 aliphatic rings. The van der Waals surface area contributed by atoms with Gasteiger partial charge in [-0.1, -0.05) is 18.2 Å². The van der Waals surface area contributed by atoms with E-state index in [0.717, 1.165) is 17.7 Å². The Morgan fingerprint density at radius 1 is 1.44 bits per heavy atom. The van der Waals surface area contributed by atoms with Gasteiger partial charge >= 0.3 is 0 Å². The third-order valence-corrected chi connectivity index (χ3v) is 2.96. The zero-order valence-electron chi connectivity index (χ0n) is 9.58. The quantitative estimate of drug-likeness (QED) is 0.719. The molecule has 7 nitrogen and oxygen atoms in total. The highest BCUT2D eigenvalue weighted by Crippen LogP contribution is 2.27. The summed E-state index contributed by atoms with van der Waals surface area (Å²) in [7, 11) is 0. The Morgan fingerprint density at radius 2 is 2.28 bits per heavy atom. The maximum atomic E-state index is 12.3. The lowest BCUT2D eigenvalue weighted by atomic mass is 9.98. The van der Waals surface area contributed by atoms with Gasteiger partial charge in [-0.15, -0.1) is 10.2 Å². The van der Waals surface area contributed by atoms with Gasteiger partial charge in [-0.25, -0.2) is 0 Å². The van der Waals surface area contributed by atoms with E-state index in [4.69, 9.17) is 5.73 Å². The monoisotopic (exact) mass is 244 g/mol. The summed E-state index contributed by atoms with van der Waals surface area (Å²) in [4.78, 5) is 13.9. The zero-order chi connectivity index (χ0) is 12.5. The molecule has 0 saturated carbocycles. The summed E-state index contributed by atoms with van der Waals surface area (Å²) >= 11 is 0. The molecule has 2 heterocycles. The number of hydrogen-bond donors (Lipinski definition) is 2. The molecule has 92 valence electrons. The molecular formula is C11H12N6O. The second-order valence-corrected chi connectivity index (χ2v) is 4.24. The van der Waals surface area contributed by atoms with Crippen LogP contribution in [0.15, 0.2) is 24.3 Å². The lowest BCUT2D eigenvalue weighted by molar-refractivity contribution is 0.0973. The predicted molar refractivity (Wildman–Crippen MR) is 64.0 cm³/mol. The lowest BCUT2D eigenvalue weighted by Crippen LogP contribution is -2.46. The van der Waals surface area contributed by atoms with Crippen molar-refractivity contribution in [3.8, 4) is 0 Å². The number of amides is 1. The molecule has 1 unspecified atom stereocenters. The van der Waals surface area contributed by atoms with Crippen LogP contribution in [0.25, 0.3) is 0 Å². The van der Waals surface area contributed by atoms with Crippen LogP contribution in [-0.2, 0) is 6.42 Å². The van der Waals surface area contributed by atoms with Crippen LogP contribution in [-0.4, -0.2) is 39.1 Å². The van der Waals surface area contributed by atoms with Gasteiger partial charge in [-0.05, 0) is 23.3 Å². The number of carbonyl (C=O) groups excluding carboxylic acids is 1. The summed E-state index contributed by atoms with van der Waals surface area (Å²) in [5.41, 5.74) is 7.91. The number of fused-ring (bicyclic) bond motifs is 1. The van der Waals surface area contributed by atoms with Gasteiger partial charge < -0.3 is 10.6 Å². The van der Waals surface area contributed by atoms with Crippen molar-refractivity contribution in [3.63, 3.8) is 0 Å². The van der Waals surface area contributed by atoms with E-state index in [2.05, 4.69) is 20.6 Å². The first-order valence-electron chi connectivity index (χ1n) is 5.64. The number of para-hydroxylation sites is 1. The molecule has 1 atom stereocenters. The van der Waals surface area contributed by atoms with Gasteiger partial charge in [-0.3, -0.25) is 4.79 Å². The number of H-pyrrole nitrogens is 1. The van der Waals surface area contributed by atoms with E-state index in [1.54, 1.807) is 4.90 Å². The maximum Gasteiger partial charge on any atom is 0.299 e. The van der Waals surface area contributed by atoms with E-state index in [-0.39, 0.29) is 17.8 Å². The molecule has 3 N–H and O–H groups in total. The van der Waals surface area contributed by atoms with E-state index >= 15 is 0 Å². The molecule has 7 heteroatoms. The molecule has 1 aromatic heterocycles. The molecule has 1 aromatic carbocycles. The Morgan fingerprint density at radius 3 is 3.06 bits per heavy atom. The number of benzene rings is 1. The molecular weight excluding hydrogens is 232 g/mol. The summed E-state index contributed by atoms with van der Waals surface area (Å²) in [6, 6.07) is 7.64. The third kappa shape index (κ3) is 1.74. The predicted octanol–water partition coefficient (Wildman–Crippen LogP) is -0.270. The number of aromatic amines is 1. The topological polar surface area (TPSA) is 101 Å². The van der Waals surface area contributed by atoms with Gasteiger partial charge in [0.15, 0.2) is 0 Å². The van der Waals surface area contributed by atoms with Crippen LogP contribution in [0.5, 0.6) is 0 Å². The number of hydrogen-bond acceptors (Lipinski definition) is 5. The van der Waals surface area contributed by atoms with Crippen LogP contribution in [0.3, 0.4) is 0 Å². The minimum Gasteiger partial charge on any atom is -0.326 e. The molecule has 0 aliphatic carbocycles. The molecule has 18 heavy (non-hydrogen) atoms. The largest absolute Gasteiger partial charge is 0.326 e. The van der Waals surface area contributed by atoms with Gasteiger partial charge in [0.2, 0.25) is 0 Å². The number of nitrogens with two attached hydrogens (primary N) is 1. The highest BCUT2D eigenvalue weighted by molar-refractivity contribution is 6.04. The normalized spacial score (nSPS) is 18.5. The van der Waals surface area contributed by atoms with Gasteiger partial charge in [0.25, 0.3) is 11.7 Å². The van der Waals surface area contributed by atoms with Gasteiger partial charge in [0.1, 0.15) is 0 Å². The first kappa shape index (κ1) is 10.8. The van der Waals surface area contributed by atoms with E-state index in [1.807, 2.05) is 24.3 Å². The summed E-state index contributed by atoms with van der Waals surface area (Å²) in [5, 5.41) is 13.1. The summed E-state index contributed by atoms with van der Waals surface area (Å²) < 4.78 is 0. The Bertz CT molecular complexity index is 567. The molecule has 3 rings (SSSR count). The first-order valence-corrected chi connectivity index (χ1v) is 5.64. The first-order chi connectivity index (χ1) is 8.75. The van der Waals surface area contributed by atoms with Crippen LogP contribution in [0.4, 0.5) is 5.69 Å². The number of nitrogens with zero attached hydrogens (tertiary/aromatic N) is 4. The minimum absolute atomic E-state index is 0.0545. The number of carbonyl (C=O) groups is 1. The van der Waals surface area contributed by atoms with Crippen LogP contribution in [0, 0.1) is 0 Å². The van der Waals surface area contributed by atoms with Crippen molar-refractivity contribution in [2.75, 3.05) is 11.4 Å². The number of anilines is 1. The van der Waals surface area contributed by atoms with Crippen LogP contribution in [0.2, 0.25) is 0 Å². The Kier molecular flexibility index (Phi) is 2.52. The fraction of sp³-hybridized carbons (Fsp3) is 0.273. The highest BCUT2D eigenvalue weighted by atomic mass is 16.2.